The van der Waals surface area contributed by atoms with Gasteiger partial charge >= 0.3 is 11.9 Å². The summed E-state index contributed by atoms with van der Waals surface area (Å²) in [6.45, 7) is 5.59. The van der Waals surface area contributed by atoms with E-state index in [0.717, 1.165) is 5.56 Å². The number of furan rings is 1. The van der Waals surface area contributed by atoms with Gasteiger partial charge in [0.2, 0.25) is 0 Å². The van der Waals surface area contributed by atoms with Crippen LogP contribution in [0, 0.1) is 5.92 Å². The van der Waals surface area contributed by atoms with E-state index in [2.05, 4.69) is 4.99 Å². The Bertz CT molecular complexity index is 1130. The van der Waals surface area contributed by atoms with Gasteiger partial charge in [-0.1, -0.05) is 12.1 Å². The summed E-state index contributed by atoms with van der Waals surface area (Å²) in [6.07, 6.45) is 3.05. The Kier molecular flexibility index (Phi) is 7.52. The number of hydrogen-bond acceptors (Lipinski definition) is 8. The van der Waals surface area contributed by atoms with Crippen molar-refractivity contribution in [2.45, 2.75) is 26.7 Å². The summed E-state index contributed by atoms with van der Waals surface area (Å²) >= 11 is 1.31. The Morgan fingerprint density at radius 1 is 1.09 bits per heavy atom. The van der Waals surface area contributed by atoms with E-state index in [1.807, 2.05) is 11.0 Å². The number of benzene rings is 1. The molecule has 0 aliphatic carbocycles. The van der Waals surface area contributed by atoms with Crippen molar-refractivity contribution in [3.63, 3.8) is 0 Å². The predicted octanol–water partition coefficient (Wildman–Crippen LogP) is 4.37. The standard InChI is InChI=1S/C25H26N2O6S/c1-3-31-23(29)17-7-5-16(6-8-17)20-10-9-19(33-20)15-21-22(28)26-25(34-21)27-13-11-18(12-14-27)24(30)32-4-2/h5-10,15,18H,3-4,11-14H2,1-2H3. The van der Waals surface area contributed by atoms with Gasteiger partial charge < -0.3 is 18.8 Å². The molecule has 1 aromatic carbocycles. The maximum absolute atomic E-state index is 12.5. The van der Waals surface area contributed by atoms with Gasteiger partial charge in [-0.3, -0.25) is 9.59 Å². The van der Waals surface area contributed by atoms with Crippen molar-refractivity contribution in [2.24, 2.45) is 10.9 Å². The molecule has 178 valence electrons. The van der Waals surface area contributed by atoms with Crippen molar-refractivity contribution in [1.82, 2.24) is 4.90 Å². The fourth-order valence-electron chi connectivity index (χ4n) is 3.80. The third-order valence-electron chi connectivity index (χ3n) is 5.58. The second-order valence-electron chi connectivity index (χ2n) is 7.82. The summed E-state index contributed by atoms with van der Waals surface area (Å²) in [5.41, 5.74) is 1.29. The van der Waals surface area contributed by atoms with Crippen LogP contribution < -0.4 is 0 Å². The lowest BCUT2D eigenvalue weighted by Crippen LogP contribution is -2.39. The van der Waals surface area contributed by atoms with Gasteiger partial charge in [-0.2, -0.15) is 4.99 Å². The molecular formula is C25H26N2O6S. The number of rotatable bonds is 6. The number of piperidine rings is 1. The van der Waals surface area contributed by atoms with Gasteiger partial charge in [0.1, 0.15) is 11.5 Å². The third-order valence-corrected chi connectivity index (χ3v) is 6.62. The van der Waals surface area contributed by atoms with Crippen molar-refractivity contribution in [3.05, 3.63) is 52.6 Å². The number of likely N-dealkylation sites (tertiary alicyclic amines) is 1. The van der Waals surface area contributed by atoms with Crippen molar-refractivity contribution in [3.8, 4) is 11.3 Å². The minimum Gasteiger partial charge on any atom is -0.466 e. The van der Waals surface area contributed by atoms with Crippen LogP contribution in [-0.2, 0) is 19.1 Å². The summed E-state index contributed by atoms with van der Waals surface area (Å²) in [6, 6.07) is 10.6. The highest BCUT2D eigenvalue weighted by atomic mass is 32.2. The van der Waals surface area contributed by atoms with Crippen LogP contribution in [-0.4, -0.2) is 54.2 Å². The SMILES string of the molecule is CCOC(=O)c1ccc(-c2ccc(C=C3SC(N4CCC(C(=O)OCC)CC4)=NC3=O)o2)cc1. The second kappa shape index (κ2) is 10.7. The summed E-state index contributed by atoms with van der Waals surface area (Å²) in [7, 11) is 0. The van der Waals surface area contributed by atoms with Crippen LogP contribution in [0.25, 0.3) is 17.4 Å². The molecule has 34 heavy (non-hydrogen) atoms. The van der Waals surface area contributed by atoms with Crippen LogP contribution in [0.15, 0.2) is 50.7 Å². The number of aliphatic imine (C=N–C) groups is 1. The van der Waals surface area contributed by atoms with Crippen LogP contribution >= 0.6 is 11.8 Å². The lowest BCUT2D eigenvalue weighted by atomic mass is 9.97. The minimum atomic E-state index is -0.364. The van der Waals surface area contributed by atoms with Crippen LogP contribution in [0.2, 0.25) is 0 Å². The number of thioether (sulfide) groups is 1. The van der Waals surface area contributed by atoms with E-state index >= 15 is 0 Å². The van der Waals surface area contributed by atoms with Crippen molar-refractivity contribution < 1.29 is 28.3 Å². The molecule has 0 spiro atoms. The Labute approximate surface area is 202 Å². The molecule has 2 aromatic rings. The second-order valence-corrected chi connectivity index (χ2v) is 8.83. The first-order chi connectivity index (χ1) is 16.5. The zero-order valence-electron chi connectivity index (χ0n) is 19.1. The fourth-order valence-corrected chi connectivity index (χ4v) is 4.74. The number of amidine groups is 1. The average molecular weight is 483 g/mol. The lowest BCUT2D eigenvalue weighted by molar-refractivity contribution is -0.149. The maximum Gasteiger partial charge on any atom is 0.338 e. The topological polar surface area (TPSA) is 98.4 Å². The van der Waals surface area contributed by atoms with E-state index < -0.39 is 0 Å². The molecule has 1 amide bonds. The van der Waals surface area contributed by atoms with Gasteiger partial charge in [0, 0.05) is 24.7 Å². The van der Waals surface area contributed by atoms with Gasteiger partial charge in [0.15, 0.2) is 5.17 Å². The minimum absolute atomic E-state index is 0.0955. The summed E-state index contributed by atoms with van der Waals surface area (Å²) in [4.78, 5) is 42.9. The monoisotopic (exact) mass is 482 g/mol. The van der Waals surface area contributed by atoms with E-state index in [0.29, 0.717) is 66.3 Å². The number of amides is 1. The molecule has 0 unspecified atom stereocenters. The molecule has 1 fully saturated rings. The highest BCUT2D eigenvalue weighted by Gasteiger charge is 2.31. The number of carbonyl (C=O) groups is 3. The quantitative estimate of drug-likeness (QED) is 0.442. The molecule has 8 nitrogen and oxygen atoms in total. The van der Waals surface area contributed by atoms with Gasteiger partial charge in [-0.05, 0) is 62.7 Å². The summed E-state index contributed by atoms with van der Waals surface area (Å²) in [5.74, 6) is 0.254. The molecule has 0 bridgehead atoms. The molecule has 3 heterocycles. The Morgan fingerprint density at radius 2 is 1.79 bits per heavy atom. The Balaban J connectivity index is 1.37. The molecule has 2 aliphatic rings. The predicted molar refractivity (Wildman–Crippen MR) is 129 cm³/mol. The normalized spacial score (nSPS) is 17.7. The zero-order valence-corrected chi connectivity index (χ0v) is 19.9. The third kappa shape index (κ3) is 5.41. The smallest absolute Gasteiger partial charge is 0.338 e. The number of nitrogens with zero attached hydrogens (tertiary/aromatic N) is 2. The summed E-state index contributed by atoms with van der Waals surface area (Å²) in [5, 5.41) is 0.653. The molecule has 1 saturated heterocycles. The molecule has 0 saturated carbocycles. The van der Waals surface area contributed by atoms with Crippen LogP contribution in [0.3, 0.4) is 0 Å². The Hall–Kier alpha value is -3.33. The largest absolute Gasteiger partial charge is 0.466 e. The number of esters is 2. The lowest BCUT2D eigenvalue weighted by Gasteiger charge is -2.31. The summed E-state index contributed by atoms with van der Waals surface area (Å²) < 4.78 is 16.0. The molecule has 0 N–H and O–H groups in total. The molecule has 2 aliphatic heterocycles. The van der Waals surface area contributed by atoms with Crippen LogP contribution in [0.4, 0.5) is 0 Å². The van der Waals surface area contributed by atoms with Crippen LogP contribution in [0.5, 0.6) is 0 Å². The first-order valence-corrected chi connectivity index (χ1v) is 12.1. The van der Waals surface area contributed by atoms with E-state index in [4.69, 9.17) is 13.9 Å². The molecule has 1 aromatic heterocycles. The van der Waals surface area contributed by atoms with Gasteiger partial charge in [0.25, 0.3) is 5.91 Å². The Morgan fingerprint density at radius 3 is 2.47 bits per heavy atom. The first-order valence-electron chi connectivity index (χ1n) is 11.3. The first kappa shape index (κ1) is 23.8. The zero-order chi connectivity index (χ0) is 24.1. The van der Waals surface area contributed by atoms with E-state index in [9.17, 15) is 14.4 Å². The number of carbonyl (C=O) groups excluding carboxylic acids is 3. The maximum atomic E-state index is 12.5. The molecule has 9 heteroatoms. The molecular weight excluding hydrogens is 456 g/mol. The highest BCUT2D eigenvalue weighted by molar-refractivity contribution is 8.18. The van der Waals surface area contributed by atoms with Crippen molar-refractivity contribution >= 4 is 40.9 Å². The average Bonchev–Trinajstić information content (AvgIpc) is 3.46. The molecule has 0 atom stereocenters. The van der Waals surface area contributed by atoms with Crippen molar-refractivity contribution in [1.29, 1.82) is 0 Å². The fraction of sp³-hybridized carbons (Fsp3) is 0.360. The molecule has 4 rings (SSSR count). The van der Waals surface area contributed by atoms with E-state index in [-0.39, 0.29) is 23.8 Å². The number of ether oxygens (including phenoxy) is 2. The van der Waals surface area contributed by atoms with E-state index in [1.165, 1.54) is 11.8 Å². The highest BCUT2D eigenvalue weighted by Crippen LogP contribution is 2.33. The van der Waals surface area contributed by atoms with Gasteiger partial charge in [-0.15, -0.1) is 0 Å². The molecule has 0 radical (unpaired) electrons. The van der Waals surface area contributed by atoms with E-state index in [1.54, 1.807) is 50.3 Å². The van der Waals surface area contributed by atoms with Gasteiger partial charge in [-0.25, -0.2) is 4.79 Å². The number of hydrogen-bond donors (Lipinski definition) is 0. The van der Waals surface area contributed by atoms with Crippen LogP contribution in [0.1, 0.15) is 42.8 Å². The van der Waals surface area contributed by atoms with Crippen molar-refractivity contribution in [2.75, 3.05) is 26.3 Å². The van der Waals surface area contributed by atoms with Gasteiger partial charge in [0.05, 0.1) is 29.6 Å².